The highest BCUT2D eigenvalue weighted by Gasteiger charge is 1.78. The van der Waals surface area contributed by atoms with E-state index in [1.165, 1.54) is 0 Å². The first-order valence-corrected chi connectivity index (χ1v) is 3.74. The van der Waals surface area contributed by atoms with Crippen LogP contribution in [0.25, 0.3) is 0 Å². The Morgan fingerprint density at radius 1 is 1.31 bits per heavy atom. The Bertz CT molecular complexity index is 328. The number of aromatic amines is 1. The molecule has 2 aromatic rings. The second kappa shape index (κ2) is 5.56. The summed E-state index contributed by atoms with van der Waals surface area (Å²) in [5.74, 6) is 2.42. The van der Waals surface area contributed by atoms with E-state index in [1.807, 2.05) is 12.1 Å². The van der Waals surface area contributed by atoms with Crippen molar-refractivity contribution >= 4 is 0 Å². The van der Waals surface area contributed by atoms with E-state index in [1.54, 1.807) is 31.0 Å². The van der Waals surface area contributed by atoms with Gasteiger partial charge in [-0.3, -0.25) is 0 Å². The summed E-state index contributed by atoms with van der Waals surface area (Å²) in [7, 11) is 0. The van der Waals surface area contributed by atoms with Gasteiger partial charge in [0.15, 0.2) is 0 Å². The van der Waals surface area contributed by atoms with Crippen LogP contribution >= 0.6 is 0 Å². The summed E-state index contributed by atoms with van der Waals surface area (Å²) in [4.78, 5) is 10.3. The molecule has 0 amide bonds. The minimum Gasteiger partial charge on any atom is -0.351 e. The molecular weight excluding hydrogens is 162 g/mol. The summed E-state index contributed by atoms with van der Waals surface area (Å²) in [6.45, 7) is 0. The van der Waals surface area contributed by atoms with Gasteiger partial charge in [0.1, 0.15) is 5.69 Å². The number of hydrogen-bond acceptors (Lipinski definition) is 2. The first-order chi connectivity index (χ1) is 6.43. The number of aromatic nitrogens is 3. The lowest BCUT2D eigenvalue weighted by Crippen LogP contribution is -1.75. The van der Waals surface area contributed by atoms with Gasteiger partial charge in [-0.05, 0) is 12.1 Å². The minimum atomic E-state index is 0.688. The number of pyridine rings is 1. The van der Waals surface area contributed by atoms with Crippen LogP contribution in [-0.4, -0.2) is 15.0 Å². The molecule has 0 radical (unpaired) electrons. The second-order valence-corrected chi connectivity index (χ2v) is 2.12. The van der Waals surface area contributed by atoms with Crippen LogP contribution in [0.4, 0.5) is 0 Å². The number of terminal acetylenes is 1. The fourth-order valence-electron chi connectivity index (χ4n) is 0.663. The van der Waals surface area contributed by atoms with E-state index < -0.39 is 0 Å². The average Bonchev–Trinajstić information content (AvgIpc) is 2.77. The fourth-order valence-corrected chi connectivity index (χ4v) is 0.663. The quantitative estimate of drug-likeness (QED) is 0.610. The van der Waals surface area contributed by atoms with Gasteiger partial charge in [-0.2, -0.15) is 0 Å². The van der Waals surface area contributed by atoms with Crippen molar-refractivity contribution in [3.8, 4) is 12.3 Å². The van der Waals surface area contributed by atoms with Crippen LogP contribution in [0.1, 0.15) is 5.69 Å². The Balaban J connectivity index is 0.000000145. The molecule has 0 atom stereocenters. The Hall–Kier alpha value is -2.08. The van der Waals surface area contributed by atoms with Gasteiger partial charge in [0.2, 0.25) is 0 Å². The van der Waals surface area contributed by atoms with Gasteiger partial charge in [0.25, 0.3) is 0 Å². The summed E-state index contributed by atoms with van der Waals surface area (Å²) < 4.78 is 0. The summed E-state index contributed by atoms with van der Waals surface area (Å²) in [5, 5.41) is 0. The number of hydrogen-bond donors (Lipinski definition) is 1. The maximum Gasteiger partial charge on any atom is 0.112 e. The maximum absolute atomic E-state index is 5.04. The van der Waals surface area contributed by atoms with Crippen molar-refractivity contribution in [3.63, 3.8) is 0 Å². The monoisotopic (exact) mass is 171 g/mol. The highest BCUT2D eigenvalue weighted by molar-refractivity contribution is 5.22. The molecule has 0 unspecified atom stereocenters. The number of nitrogens with zero attached hydrogens (tertiary/aromatic N) is 2. The SMILES string of the molecule is C#Cc1ccccn1.c1c[nH]cn1. The lowest BCUT2D eigenvalue weighted by molar-refractivity contribution is 1.29. The number of imidazole rings is 1. The molecule has 0 aliphatic rings. The molecule has 0 aromatic carbocycles. The Morgan fingerprint density at radius 2 is 2.23 bits per heavy atom. The molecule has 1 N–H and O–H groups in total. The largest absolute Gasteiger partial charge is 0.351 e. The third kappa shape index (κ3) is 3.73. The Kier molecular flexibility index (Phi) is 3.85. The zero-order valence-electron chi connectivity index (χ0n) is 7.01. The van der Waals surface area contributed by atoms with Gasteiger partial charge >= 0.3 is 0 Å². The van der Waals surface area contributed by atoms with E-state index in [0.29, 0.717) is 5.69 Å². The number of nitrogens with one attached hydrogen (secondary N) is 1. The highest BCUT2D eigenvalue weighted by Crippen LogP contribution is 1.86. The first-order valence-electron chi connectivity index (χ1n) is 3.74. The van der Waals surface area contributed by atoms with E-state index in [0.717, 1.165) is 0 Å². The van der Waals surface area contributed by atoms with Crippen LogP contribution in [0, 0.1) is 12.3 Å². The molecule has 2 rings (SSSR count). The predicted octanol–water partition coefficient (Wildman–Crippen LogP) is 1.47. The standard InChI is InChI=1S/C7H5N.C3H4N2/c1-2-7-5-3-4-6-8-7;1-2-5-3-4-1/h1,3-6H;1-3H,(H,4,5). The molecule has 3 nitrogen and oxygen atoms in total. The smallest absolute Gasteiger partial charge is 0.112 e. The van der Waals surface area contributed by atoms with Crippen molar-refractivity contribution in [3.05, 3.63) is 48.8 Å². The lowest BCUT2D eigenvalue weighted by atomic mass is 10.4. The molecule has 2 aromatic heterocycles. The molecule has 0 saturated heterocycles. The van der Waals surface area contributed by atoms with Gasteiger partial charge in [0, 0.05) is 18.6 Å². The van der Waals surface area contributed by atoms with Gasteiger partial charge in [-0.25, -0.2) is 9.97 Å². The molecule has 13 heavy (non-hydrogen) atoms. The molecule has 0 fully saturated rings. The van der Waals surface area contributed by atoms with Gasteiger partial charge in [0.05, 0.1) is 6.33 Å². The lowest BCUT2D eigenvalue weighted by Gasteiger charge is -1.81. The number of H-pyrrole nitrogens is 1. The summed E-state index contributed by atoms with van der Waals surface area (Å²) in [5.41, 5.74) is 0.688. The molecular formula is C10H9N3. The topological polar surface area (TPSA) is 41.6 Å². The van der Waals surface area contributed by atoms with Gasteiger partial charge < -0.3 is 4.98 Å². The predicted molar refractivity (Wildman–Crippen MR) is 50.8 cm³/mol. The maximum atomic E-state index is 5.04. The van der Waals surface area contributed by atoms with E-state index >= 15 is 0 Å². The van der Waals surface area contributed by atoms with Crippen molar-refractivity contribution in [2.24, 2.45) is 0 Å². The fraction of sp³-hybridized carbons (Fsp3) is 0. The highest BCUT2D eigenvalue weighted by atomic mass is 14.8. The molecule has 0 aliphatic carbocycles. The van der Waals surface area contributed by atoms with Crippen molar-refractivity contribution in [2.75, 3.05) is 0 Å². The van der Waals surface area contributed by atoms with Crippen LogP contribution < -0.4 is 0 Å². The van der Waals surface area contributed by atoms with Crippen molar-refractivity contribution in [2.45, 2.75) is 0 Å². The zero-order valence-corrected chi connectivity index (χ0v) is 7.01. The molecule has 0 aliphatic heterocycles. The second-order valence-electron chi connectivity index (χ2n) is 2.12. The van der Waals surface area contributed by atoms with E-state index in [-0.39, 0.29) is 0 Å². The summed E-state index contributed by atoms with van der Waals surface area (Å²) in [6, 6.07) is 5.49. The molecule has 0 spiro atoms. The zero-order chi connectivity index (χ0) is 9.36. The Morgan fingerprint density at radius 3 is 2.54 bits per heavy atom. The van der Waals surface area contributed by atoms with Crippen LogP contribution in [-0.2, 0) is 0 Å². The third-order valence-corrected chi connectivity index (χ3v) is 1.22. The van der Waals surface area contributed by atoms with Gasteiger partial charge in [-0.1, -0.05) is 12.0 Å². The molecule has 2 heterocycles. The normalized spacial score (nSPS) is 7.92. The summed E-state index contributed by atoms with van der Waals surface area (Å²) >= 11 is 0. The van der Waals surface area contributed by atoms with Crippen molar-refractivity contribution in [1.82, 2.24) is 15.0 Å². The number of rotatable bonds is 0. The van der Waals surface area contributed by atoms with Crippen LogP contribution in [0.2, 0.25) is 0 Å². The van der Waals surface area contributed by atoms with Gasteiger partial charge in [-0.15, -0.1) is 6.42 Å². The van der Waals surface area contributed by atoms with Crippen LogP contribution in [0.5, 0.6) is 0 Å². The minimum absolute atomic E-state index is 0.688. The molecule has 64 valence electrons. The van der Waals surface area contributed by atoms with E-state index in [4.69, 9.17) is 6.42 Å². The molecule has 0 bridgehead atoms. The Labute approximate surface area is 76.9 Å². The van der Waals surface area contributed by atoms with Crippen molar-refractivity contribution < 1.29 is 0 Å². The van der Waals surface area contributed by atoms with Crippen LogP contribution in [0.15, 0.2) is 43.1 Å². The van der Waals surface area contributed by atoms with Crippen molar-refractivity contribution in [1.29, 1.82) is 0 Å². The van der Waals surface area contributed by atoms with E-state index in [2.05, 4.69) is 20.9 Å². The molecule has 0 saturated carbocycles. The average molecular weight is 171 g/mol. The first kappa shape index (κ1) is 9.01. The third-order valence-electron chi connectivity index (χ3n) is 1.22. The summed E-state index contributed by atoms with van der Waals surface area (Å²) in [6.07, 6.45) is 11.8. The van der Waals surface area contributed by atoms with Crippen LogP contribution in [0.3, 0.4) is 0 Å². The van der Waals surface area contributed by atoms with E-state index in [9.17, 15) is 0 Å². The molecule has 3 heteroatoms.